The van der Waals surface area contributed by atoms with Crippen molar-refractivity contribution in [1.29, 1.82) is 0 Å². The fraction of sp³-hybridized carbons (Fsp3) is 0.231. The summed E-state index contributed by atoms with van der Waals surface area (Å²) >= 11 is 0. The van der Waals surface area contributed by atoms with Crippen LogP contribution in [0.3, 0.4) is 0 Å². The zero-order valence-corrected chi connectivity index (χ0v) is 10.8. The zero-order valence-electron chi connectivity index (χ0n) is 10.8. The van der Waals surface area contributed by atoms with E-state index in [2.05, 4.69) is 10.1 Å². The Morgan fingerprint density at radius 1 is 1.40 bits per heavy atom. The van der Waals surface area contributed by atoms with Crippen LogP contribution in [0.15, 0.2) is 24.5 Å². The molecule has 0 aliphatic carbocycles. The molecule has 0 N–H and O–H groups in total. The predicted molar refractivity (Wildman–Crippen MR) is 70.2 cm³/mol. The minimum atomic E-state index is -0.365. The molecule has 0 spiro atoms. The lowest BCUT2D eigenvalue weighted by molar-refractivity contribution is 0.112. The van der Waals surface area contributed by atoms with Crippen molar-refractivity contribution in [1.82, 2.24) is 14.8 Å². The minimum Gasteiger partial charge on any atom is -0.447 e. The molecule has 2 aromatic heterocycles. The van der Waals surface area contributed by atoms with Gasteiger partial charge in [-0.3, -0.25) is 9.69 Å². The molecule has 7 heteroatoms. The van der Waals surface area contributed by atoms with Crippen molar-refractivity contribution in [3.63, 3.8) is 0 Å². The summed E-state index contributed by atoms with van der Waals surface area (Å²) < 4.78 is 6.43. The van der Waals surface area contributed by atoms with Crippen molar-refractivity contribution in [3.05, 3.63) is 35.8 Å². The number of pyridine rings is 1. The molecule has 1 amide bonds. The van der Waals surface area contributed by atoms with Gasteiger partial charge in [0.1, 0.15) is 6.61 Å². The Morgan fingerprint density at radius 2 is 2.25 bits per heavy atom. The fourth-order valence-corrected chi connectivity index (χ4v) is 2.06. The van der Waals surface area contributed by atoms with Crippen LogP contribution in [-0.4, -0.2) is 40.3 Å². The number of ether oxygens (including phenoxy) is 1. The number of hydrogen-bond donors (Lipinski definition) is 0. The molecular weight excluding hydrogens is 260 g/mol. The highest BCUT2D eigenvalue weighted by atomic mass is 16.6. The fourth-order valence-electron chi connectivity index (χ4n) is 2.06. The molecule has 0 bridgehead atoms. The molecule has 20 heavy (non-hydrogen) atoms. The van der Waals surface area contributed by atoms with Gasteiger partial charge in [-0.25, -0.2) is 14.5 Å². The molecule has 3 rings (SSSR count). The number of hydrogen-bond acceptors (Lipinski definition) is 5. The Bertz CT molecular complexity index is 680. The van der Waals surface area contributed by atoms with Crippen LogP contribution in [0, 0.1) is 6.92 Å². The summed E-state index contributed by atoms with van der Waals surface area (Å²) in [5, 5.41) is 4.07. The zero-order chi connectivity index (χ0) is 14.1. The van der Waals surface area contributed by atoms with Gasteiger partial charge in [0.25, 0.3) is 0 Å². The first-order chi connectivity index (χ1) is 9.67. The van der Waals surface area contributed by atoms with Crippen LogP contribution >= 0.6 is 0 Å². The Kier molecular flexibility index (Phi) is 2.94. The van der Waals surface area contributed by atoms with E-state index in [1.807, 2.05) is 6.92 Å². The maximum Gasteiger partial charge on any atom is 0.414 e. The van der Waals surface area contributed by atoms with Crippen LogP contribution in [-0.2, 0) is 4.74 Å². The number of nitrogens with zero attached hydrogens (tertiary/aromatic N) is 4. The van der Waals surface area contributed by atoms with E-state index in [-0.39, 0.29) is 6.09 Å². The average molecular weight is 272 g/mol. The highest BCUT2D eigenvalue weighted by Crippen LogP contribution is 2.22. The van der Waals surface area contributed by atoms with Crippen molar-refractivity contribution in [2.75, 3.05) is 18.1 Å². The predicted octanol–water partition coefficient (Wildman–Crippen LogP) is 1.34. The van der Waals surface area contributed by atoms with E-state index in [9.17, 15) is 9.59 Å². The van der Waals surface area contributed by atoms with Gasteiger partial charge in [0.2, 0.25) is 0 Å². The third-order valence-corrected chi connectivity index (χ3v) is 2.97. The number of rotatable bonds is 3. The van der Waals surface area contributed by atoms with Crippen molar-refractivity contribution >= 4 is 18.1 Å². The van der Waals surface area contributed by atoms with E-state index in [1.165, 1.54) is 10.9 Å². The van der Waals surface area contributed by atoms with Crippen LogP contribution in [0.2, 0.25) is 0 Å². The minimum absolute atomic E-state index is 0.365. The topological polar surface area (TPSA) is 77.3 Å². The van der Waals surface area contributed by atoms with E-state index >= 15 is 0 Å². The van der Waals surface area contributed by atoms with Gasteiger partial charge >= 0.3 is 6.09 Å². The number of aldehydes is 1. The standard InChI is InChI=1S/C13H12N4O3/c1-9-4-11(16-2-3-20-13(16)19)5-12(15-9)17-7-10(8-18)6-14-17/h4-8H,2-3H2,1H3. The molecule has 0 radical (unpaired) electrons. The first kappa shape index (κ1) is 12.3. The second-order valence-corrected chi connectivity index (χ2v) is 4.43. The Balaban J connectivity index is 2.01. The third-order valence-electron chi connectivity index (χ3n) is 2.97. The van der Waals surface area contributed by atoms with Gasteiger partial charge in [-0.15, -0.1) is 0 Å². The smallest absolute Gasteiger partial charge is 0.414 e. The molecule has 7 nitrogen and oxygen atoms in total. The maximum atomic E-state index is 11.6. The van der Waals surface area contributed by atoms with Crippen molar-refractivity contribution in [3.8, 4) is 5.82 Å². The van der Waals surface area contributed by atoms with Crippen LogP contribution in [0.5, 0.6) is 0 Å². The molecule has 3 heterocycles. The second-order valence-electron chi connectivity index (χ2n) is 4.43. The summed E-state index contributed by atoms with van der Waals surface area (Å²) in [6, 6.07) is 3.54. The summed E-state index contributed by atoms with van der Waals surface area (Å²) in [6.45, 7) is 2.73. The SMILES string of the molecule is Cc1cc(N2CCOC2=O)cc(-n2cc(C=O)cn2)n1. The normalized spacial score (nSPS) is 14.4. The van der Waals surface area contributed by atoms with Crippen LogP contribution < -0.4 is 4.90 Å². The van der Waals surface area contributed by atoms with E-state index in [1.54, 1.807) is 23.2 Å². The van der Waals surface area contributed by atoms with Crippen molar-refractivity contribution < 1.29 is 14.3 Å². The number of carbonyl (C=O) groups excluding carboxylic acids is 2. The lowest BCUT2D eigenvalue weighted by Gasteiger charge is -2.14. The van der Waals surface area contributed by atoms with Gasteiger partial charge in [-0.05, 0) is 13.0 Å². The number of anilines is 1. The molecule has 102 valence electrons. The molecule has 0 unspecified atom stereocenters. The van der Waals surface area contributed by atoms with Gasteiger partial charge in [0.15, 0.2) is 12.1 Å². The van der Waals surface area contributed by atoms with E-state index in [0.29, 0.717) is 30.2 Å². The highest BCUT2D eigenvalue weighted by Gasteiger charge is 2.24. The maximum absolute atomic E-state index is 11.6. The summed E-state index contributed by atoms with van der Waals surface area (Å²) in [5.74, 6) is 0.549. The van der Waals surface area contributed by atoms with Gasteiger partial charge in [0, 0.05) is 18.0 Å². The summed E-state index contributed by atoms with van der Waals surface area (Å²) in [6.07, 6.45) is 3.40. The monoisotopic (exact) mass is 272 g/mol. The number of carbonyl (C=O) groups is 2. The molecule has 1 saturated heterocycles. The average Bonchev–Trinajstić information content (AvgIpc) is 3.06. The summed E-state index contributed by atoms with van der Waals surface area (Å²) in [5.41, 5.74) is 1.92. The molecule has 1 aliphatic rings. The quantitative estimate of drug-likeness (QED) is 0.788. The van der Waals surface area contributed by atoms with Gasteiger partial charge in [-0.2, -0.15) is 5.10 Å². The number of cyclic esters (lactones) is 1. The lowest BCUT2D eigenvalue weighted by Crippen LogP contribution is -2.23. The molecule has 1 aliphatic heterocycles. The van der Waals surface area contributed by atoms with E-state index in [0.717, 1.165) is 12.0 Å². The van der Waals surface area contributed by atoms with Gasteiger partial charge in [-0.1, -0.05) is 0 Å². The van der Waals surface area contributed by atoms with E-state index in [4.69, 9.17) is 4.74 Å². The van der Waals surface area contributed by atoms with Crippen LogP contribution in [0.4, 0.5) is 10.5 Å². The van der Waals surface area contributed by atoms with Crippen LogP contribution in [0.25, 0.3) is 5.82 Å². The molecule has 1 fully saturated rings. The number of amides is 1. The van der Waals surface area contributed by atoms with Crippen LogP contribution in [0.1, 0.15) is 16.1 Å². The Labute approximate surface area is 114 Å². The third kappa shape index (κ3) is 2.13. The summed E-state index contributed by atoms with van der Waals surface area (Å²) in [4.78, 5) is 28.2. The first-order valence-corrected chi connectivity index (χ1v) is 6.10. The Morgan fingerprint density at radius 3 is 2.90 bits per heavy atom. The van der Waals surface area contributed by atoms with E-state index < -0.39 is 0 Å². The largest absolute Gasteiger partial charge is 0.447 e. The molecule has 0 atom stereocenters. The first-order valence-electron chi connectivity index (χ1n) is 6.10. The lowest BCUT2D eigenvalue weighted by atomic mass is 10.3. The molecular formula is C13H12N4O3. The highest BCUT2D eigenvalue weighted by molar-refractivity contribution is 5.89. The molecule has 2 aromatic rings. The van der Waals surface area contributed by atoms with Crippen molar-refractivity contribution in [2.45, 2.75) is 6.92 Å². The Hall–Kier alpha value is -2.70. The summed E-state index contributed by atoms with van der Waals surface area (Å²) in [7, 11) is 0. The van der Waals surface area contributed by atoms with Gasteiger partial charge < -0.3 is 4.74 Å². The van der Waals surface area contributed by atoms with Crippen molar-refractivity contribution in [2.24, 2.45) is 0 Å². The number of aryl methyl sites for hydroxylation is 1. The number of aromatic nitrogens is 3. The molecule has 0 saturated carbocycles. The second kappa shape index (κ2) is 4.76. The molecule has 0 aromatic carbocycles. The van der Waals surface area contributed by atoms with Gasteiger partial charge in [0.05, 0.1) is 24.0 Å².